The van der Waals surface area contributed by atoms with Gasteiger partial charge in [0, 0.05) is 4.47 Å². The minimum absolute atomic E-state index is 0.0757. The molecule has 5 nitrogen and oxygen atoms in total. The molecule has 0 spiro atoms. The fraction of sp³-hybridized carbons (Fsp3) is 0.417. The van der Waals surface area contributed by atoms with E-state index >= 15 is 0 Å². The summed E-state index contributed by atoms with van der Waals surface area (Å²) in [6.07, 6.45) is -0.599. The zero-order valence-electron chi connectivity index (χ0n) is 11.5. The van der Waals surface area contributed by atoms with Crippen molar-refractivity contribution in [2.45, 2.75) is 31.8 Å². The third-order valence-electron chi connectivity index (χ3n) is 2.85. The highest BCUT2D eigenvalue weighted by Gasteiger charge is 2.30. The summed E-state index contributed by atoms with van der Waals surface area (Å²) >= 11 is 2.70. The van der Waals surface area contributed by atoms with Crippen LogP contribution in [0.4, 0.5) is 8.78 Å². The van der Waals surface area contributed by atoms with E-state index in [0.717, 1.165) is 0 Å². The van der Waals surface area contributed by atoms with Crippen LogP contribution in [-0.4, -0.2) is 20.5 Å². The normalized spacial score (nSPS) is 13.3. The first-order valence-corrected chi connectivity index (χ1v) is 8.22. The Hall–Kier alpha value is -1.06. The molecule has 0 saturated heterocycles. The highest BCUT2D eigenvalue weighted by atomic mass is 79.9. The van der Waals surface area contributed by atoms with E-state index in [0.29, 0.717) is 6.07 Å². The summed E-state index contributed by atoms with van der Waals surface area (Å²) in [6.45, 7) is 5.06. The summed E-state index contributed by atoms with van der Waals surface area (Å²) in [5, 5.41) is 4.85. The molecule has 0 amide bonds. The lowest BCUT2D eigenvalue weighted by molar-refractivity contribution is 0.0226. The molecule has 1 atom stereocenters. The molecule has 0 aromatic heterocycles. The molecule has 0 aliphatic carbocycles. The van der Waals surface area contributed by atoms with E-state index in [1.54, 1.807) is 20.8 Å². The van der Waals surface area contributed by atoms with Crippen LogP contribution in [0.2, 0.25) is 0 Å². The van der Waals surface area contributed by atoms with Gasteiger partial charge in [0.2, 0.25) is 10.0 Å². The minimum atomic E-state index is -4.48. The quantitative estimate of drug-likeness (QED) is 0.806. The molecule has 0 fully saturated rings. The maximum atomic E-state index is 14.2. The van der Waals surface area contributed by atoms with Crippen LogP contribution in [0, 0.1) is 17.6 Å². The lowest BCUT2D eigenvalue weighted by Crippen LogP contribution is -2.23. The number of hydrogen-bond donors (Lipinski definition) is 1. The Morgan fingerprint density at radius 3 is 2.29 bits per heavy atom. The Labute approximate surface area is 129 Å². The van der Waals surface area contributed by atoms with Crippen LogP contribution in [0.15, 0.2) is 15.4 Å². The van der Waals surface area contributed by atoms with Gasteiger partial charge in [0.25, 0.3) is 0 Å². The Kier molecular flexibility index (Phi) is 5.46. The number of carbonyl (C=O) groups is 1. The smallest absolute Gasteiger partial charge is 0.344 e. The van der Waals surface area contributed by atoms with Crippen LogP contribution >= 0.6 is 15.9 Å². The van der Waals surface area contributed by atoms with Gasteiger partial charge < -0.3 is 4.74 Å². The van der Waals surface area contributed by atoms with Gasteiger partial charge in [0.15, 0.2) is 5.82 Å². The predicted molar refractivity (Wildman–Crippen MR) is 75.1 cm³/mol. The van der Waals surface area contributed by atoms with Crippen molar-refractivity contribution in [2.75, 3.05) is 0 Å². The summed E-state index contributed by atoms with van der Waals surface area (Å²) in [5.74, 6) is -4.19. The standard InChI is InChI=1S/C12H14BrF2NO4S/c1-5(2)6(3)20-12(17)9-8(14)4-7(13)11(10(9)15)21(16,18)19/h4-6H,1-3H3,(H2,16,18,19). The van der Waals surface area contributed by atoms with Gasteiger partial charge in [-0.15, -0.1) is 0 Å². The number of nitrogens with two attached hydrogens (primary N) is 1. The van der Waals surface area contributed by atoms with Gasteiger partial charge in [-0.1, -0.05) is 13.8 Å². The predicted octanol–water partition coefficient (Wildman–Crippen LogP) is 2.58. The van der Waals surface area contributed by atoms with Crippen LogP contribution in [0.3, 0.4) is 0 Å². The maximum Gasteiger partial charge on any atom is 0.344 e. The average molecular weight is 386 g/mol. The largest absolute Gasteiger partial charge is 0.459 e. The Balaban J connectivity index is 3.41. The van der Waals surface area contributed by atoms with Crippen molar-refractivity contribution < 1.29 is 26.7 Å². The minimum Gasteiger partial charge on any atom is -0.459 e. The van der Waals surface area contributed by atoms with Crippen molar-refractivity contribution in [1.82, 2.24) is 0 Å². The second-order valence-corrected chi connectivity index (χ2v) is 7.11. The monoisotopic (exact) mass is 385 g/mol. The third kappa shape index (κ3) is 3.98. The van der Waals surface area contributed by atoms with E-state index in [-0.39, 0.29) is 5.92 Å². The number of hydrogen-bond acceptors (Lipinski definition) is 4. The molecule has 0 heterocycles. The van der Waals surface area contributed by atoms with Crippen LogP contribution in [-0.2, 0) is 14.8 Å². The first-order valence-electron chi connectivity index (χ1n) is 5.88. The number of rotatable bonds is 4. The lowest BCUT2D eigenvalue weighted by atomic mass is 10.1. The van der Waals surface area contributed by atoms with Gasteiger partial charge in [-0.25, -0.2) is 27.1 Å². The van der Waals surface area contributed by atoms with Gasteiger partial charge in [-0.05, 0) is 34.8 Å². The van der Waals surface area contributed by atoms with Crippen molar-refractivity contribution >= 4 is 31.9 Å². The molecule has 1 aromatic rings. The highest BCUT2D eigenvalue weighted by molar-refractivity contribution is 9.10. The average Bonchev–Trinajstić information content (AvgIpc) is 2.25. The summed E-state index contributed by atoms with van der Waals surface area (Å²) in [4.78, 5) is 10.8. The molecule has 118 valence electrons. The topological polar surface area (TPSA) is 86.5 Å². The van der Waals surface area contributed by atoms with Gasteiger partial charge in [0.1, 0.15) is 22.4 Å². The van der Waals surface area contributed by atoms with Gasteiger partial charge in [0.05, 0.1) is 0 Å². The number of carbonyl (C=O) groups excluding carboxylic acids is 1. The van der Waals surface area contributed by atoms with E-state index in [9.17, 15) is 22.0 Å². The molecule has 1 rings (SSSR count). The molecule has 0 bridgehead atoms. The zero-order chi connectivity index (χ0) is 16.5. The zero-order valence-corrected chi connectivity index (χ0v) is 13.9. The Morgan fingerprint density at radius 1 is 1.33 bits per heavy atom. The summed E-state index contributed by atoms with van der Waals surface area (Å²) in [6, 6.07) is 0.652. The fourth-order valence-corrected chi connectivity index (χ4v) is 3.12. The first-order chi connectivity index (χ1) is 9.46. The Bertz CT molecular complexity index is 676. The molecule has 9 heteroatoms. The lowest BCUT2D eigenvalue weighted by Gasteiger charge is -2.17. The number of esters is 1. The number of halogens is 3. The number of primary sulfonamides is 1. The fourth-order valence-electron chi connectivity index (χ4n) is 1.38. The number of sulfonamides is 1. The van der Waals surface area contributed by atoms with Gasteiger partial charge in [-0.3, -0.25) is 0 Å². The van der Waals surface area contributed by atoms with Crippen LogP contribution in [0.1, 0.15) is 31.1 Å². The molecule has 0 radical (unpaired) electrons. The molecule has 1 unspecified atom stereocenters. The van der Waals surface area contributed by atoms with E-state index in [4.69, 9.17) is 9.88 Å². The number of ether oxygens (including phenoxy) is 1. The van der Waals surface area contributed by atoms with Crippen LogP contribution < -0.4 is 5.14 Å². The van der Waals surface area contributed by atoms with Crippen LogP contribution in [0.25, 0.3) is 0 Å². The molecule has 0 aliphatic heterocycles. The summed E-state index contributed by atoms with van der Waals surface area (Å²) < 4.78 is 55.1. The molecule has 21 heavy (non-hydrogen) atoms. The van der Waals surface area contributed by atoms with Crippen molar-refractivity contribution in [3.8, 4) is 0 Å². The summed E-state index contributed by atoms with van der Waals surface area (Å²) in [5.41, 5.74) is -1.09. The second-order valence-electron chi connectivity index (χ2n) is 4.76. The van der Waals surface area contributed by atoms with E-state index < -0.39 is 48.7 Å². The second kappa shape index (κ2) is 6.37. The molecule has 1 aromatic carbocycles. The van der Waals surface area contributed by atoms with Crippen molar-refractivity contribution in [3.05, 3.63) is 27.7 Å². The molecule has 0 aliphatic rings. The van der Waals surface area contributed by atoms with Crippen molar-refractivity contribution in [1.29, 1.82) is 0 Å². The van der Waals surface area contributed by atoms with Crippen LogP contribution in [0.5, 0.6) is 0 Å². The van der Waals surface area contributed by atoms with Gasteiger partial charge >= 0.3 is 5.97 Å². The molecular formula is C12H14BrF2NO4S. The van der Waals surface area contributed by atoms with Crippen molar-refractivity contribution in [2.24, 2.45) is 11.1 Å². The summed E-state index contributed by atoms with van der Waals surface area (Å²) in [7, 11) is -4.48. The van der Waals surface area contributed by atoms with Gasteiger partial charge in [-0.2, -0.15) is 0 Å². The van der Waals surface area contributed by atoms with E-state index in [1.807, 2.05) is 0 Å². The third-order valence-corrected chi connectivity index (χ3v) is 4.70. The highest BCUT2D eigenvalue weighted by Crippen LogP contribution is 2.29. The van der Waals surface area contributed by atoms with E-state index in [2.05, 4.69) is 15.9 Å². The maximum absolute atomic E-state index is 14.2. The van der Waals surface area contributed by atoms with E-state index in [1.165, 1.54) is 0 Å². The molecule has 0 saturated carbocycles. The molecular weight excluding hydrogens is 372 g/mol. The SMILES string of the molecule is CC(C)C(C)OC(=O)c1c(F)cc(Br)c(S(N)(=O)=O)c1F. The first kappa shape index (κ1) is 18.0. The number of benzene rings is 1. The Morgan fingerprint density at radius 2 is 1.86 bits per heavy atom. The molecule has 2 N–H and O–H groups in total. The van der Waals surface area contributed by atoms with Crippen molar-refractivity contribution in [3.63, 3.8) is 0 Å².